The summed E-state index contributed by atoms with van der Waals surface area (Å²) in [5.41, 5.74) is 8.22. The van der Waals surface area contributed by atoms with Crippen molar-refractivity contribution in [1.82, 2.24) is 29.4 Å². The number of anilines is 1. The first-order chi connectivity index (χ1) is 16.1. The van der Waals surface area contributed by atoms with Gasteiger partial charge in [-0.05, 0) is 44.5 Å². The molecule has 10 nitrogen and oxygen atoms in total. The molecule has 0 spiro atoms. The number of fused-ring (bicyclic) bond motifs is 2. The van der Waals surface area contributed by atoms with Crippen LogP contribution in [0.1, 0.15) is 36.8 Å². The fourth-order valence-electron chi connectivity index (χ4n) is 4.43. The number of nitrogens with two attached hydrogens (primary N) is 1. The number of halogens is 1. The van der Waals surface area contributed by atoms with E-state index in [9.17, 15) is 14.0 Å². The van der Waals surface area contributed by atoms with Crippen LogP contribution >= 0.6 is 0 Å². The van der Waals surface area contributed by atoms with Crippen molar-refractivity contribution in [3.63, 3.8) is 0 Å². The van der Waals surface area contributed by atoms with Gasteiger partial charge in [-0.2, -0.15) is 4.98 Å². The van der Waals surface area contributed by atoms with Gasteiger partial charge in [0.15, 0.2) is 5.65 Å². The second-order valence-electron chi connectivity index (χ2n) is 9.62. The fraction of sp³-hybridized carbons (Fsp3) is 0.435. The molecular weight excluding hydrogens is 441 g/mol. The van der Waals surface area contributed by atoms with E-state index in [2.05, 4.69) is 15.1 Å². The van der Waals surface area contributed by atoms with Gasteiger partial charge in [-0.3, -0.25) is 9.78 Å². The lowest BCUT2D eigenvalue weighted by molar-refractivity contribution is 0.0272. The predicted molar refractivity (Wildman–Crippen MR) is 122 cm³/mol. The monoisotopic (exact) mass is 467 g/mol. The molecule has 0 radical (unpaired) electrons. The van der Waals surface area contributed by atoms with E-state index < -0.39 is 23.9 Å². The molecule has 3 aromatic heterocycles. The zero-order valence-electron chi connectivity index (χ0n) is 19.2. The van der Waals surface area contributed by atoms with E-state index in [0.29, 0.717) is 29.9 Å². The van der Waals surface area contributed by atoms with Crippen molar-refractivity contribution >= 4 is 23.6 Å². The van der Waals surface area contributed by atoms with E-state index in [-0.39, 0.29) is 24.9 Å². The zero-order valence-corrected chi connectivity index (χ0v) is 19.2. The van der Waals surface area contributed by atoms with Gasteiger partial charge in [0.05, 0.1) is 23.8 Å². The van der Waals surface area contributed by atoms with E-state index in [1.54, 1.807) is 43.7 Å². The van der Waals surface area contributed by atoms with E-state index >= 15 is 0 Å². The Morgan fingerprint density at radius 1 is 1.24 bits per heavy atom. The van der Waals surface area contributed by atoms with Crippen molar-refractivity contribution in [2.24, 2.45) is 0 Å². The summed E-state index contributed by atoms with van der Waals surface area (Å²) in [5.74, 6) is -0.119. The molecule has 5 heterocycles. The van der Waals surface area contributed by atoms with Gasteiger partial charge < -0.3 is 20.3 Å². The second-order valence-corrected chi connectivity index (χ2v) is 9.62. The highest BCUT2D eigenvalue weighted by Gasteiger charge is 2.43. The average molecular weight is 468 g/mol. The van der Waals surface area contributed by atoms with Gasteiger partial charge in [-0.15, -0.1) is 5.10 Å². The van der Waals surface area contributed by atoms with Gasteiger partial charge >= 0.3 is 6.09 Å². The number of nitrogens with zero attached hydrogens (tertiary/aromatic N) is 6. The number of carbonyl (C=O) groups is 2. The summed E-state index contributed by atoms with van der Waals surface area (Å²) in [4.78, 5) is 37.3. The standard InChI is InChI=1S/C23H26FN7O3/c1-23(2,3)34-22(33)29-11-16(24)18(12-29)30-6-5-17-15(20(30)32)8-14(10-26-17)13-4-7-31-19(9-13)27-21(25)28-31/h4,7-10,16,18H,5-6,11-12H2,1-3H3,(H2,25,28). The molecule has 11 heteroatoms. The van der Waals surface area contributed by atoms with Crippen LogP contribution in [0.3, 0.4) is 0 Å². The van der Waals surface area contributed by atoms with E-state index in [4.69, 9.17) is 10.5 Å². The zero-order chi connectivity index (χ0) is 24.2. The van der Waals surface area contributed by atoms with Crippen LogP contribution in [0.4, 0.5) is 15.1 Å². The number of amides is 2. The Labute approximate surface area is 195 Å². The molecule has 1 saturated heterocycles. The number of likely N-dealkylation sites (tertiary alicyclic amines) is 1. The Morgan fingerprint density at radius 3 is 2.79 bits per heavy atom. The lowest BCUT2D eigenvalue weighted by Crippen LogP contribution is -2.49. The molecule has 5 rings (SSSR count). The van der Waals surface area contributed by atoms with Crippen LogP contribution in [0.5, 0.6) is 0 Å². The van der Waals surface area contributed by atoms with Crippen molar-refractivity contribution in [3.05, 3.63) is 41.9 Å². The minimum absolute atomic E-state index is 0.0925. The van der Waals surface area contributed by atoms with E-state index in [0.717, 1.165) is 11.1 Å². The van der Waals surface area contributed by atoms with Crippen LogP contribution in [0.15, 0.2) is 30.6 Å². The lowest BCUT2D eigenvalue weighted by atomic mass is 9.98. The summed E-state index contributed by atoms with van der Waals surface area (Å²) >= 11 is 0. The van der Waals surface area contributed by atoms with Gasteiger partial charge in [0.2, 0.25) is 5.95 Å². The van der Waals surface area contributed by atoms with E-state index in [1.807, 2.05) is 12.1 Å². The first-order valence-electron chi connectivity index (χ1n) is 11.1. The largest absolute Gasteiger partial charge is 0.444 e. The summed E-state index contributed by atoms with van der Waals surface area (Å²) in [7, 11) is 0. The predicted octanol–water partition coefficient (Wildman–Crippen LogP) is 2.33. The Balaban J connectivity index is 1.38. The maximum absolute atomic E-state index is 15.0. The molecule has 0 bridgehead atoms. The summed E-state index contributed by atoms with van der Waals surface area (Å²) in [6.45, 7) is 5.62. The molecule has 1 fully saturated rings. The molecular formula is C23H26FN7O3. The minimum atomic E-state index is -1.35. The summed E-state index contributed by atoms with van der Waals surface area (Å²) < 4.78 is 21.9. The molecule has 2 unspecified atom stereocenters. The third kappa shape index (κ3) is 4.02. The maximum atomic E-state index is 15.0. The molecule has 2 aliphatic rings. The average Bonchev–Trinajstić information content (AvgIpc) is 3.34. The molecule has 3 aromatic rings. The van der Waals surface area contributed by atoms with Crippen molar-refractivity contribution in [2.75, 3.05) is 25.4 Å². The third-order valence-corrected chi connectivity index (χ3v) is 6.01. The maximum Gasteiger partial charge on any atom is 0.410 e. The number of rotatable bonds is 2. The summed E-state index contributed by atoms with van der Waals surface area (Å²) in [6, 6.07) is 4.69. The highest BCUT2D eigenvalue weighted by molar-refractivity contribution is 5.97. The van der Waals surface area contributed by atoms with Gasteiger partial charge in [-0.25, -0.2) is 13.7 Å². The lowest BCUT2D eigenvalue weighted by Gasteiger charge is -2.34. The van der Waals surface area contributed by atoms with Crippen LogP contribution in [0.2, 0.25) is 0 Å². The van der Waals surface area contributed by atoms with Crippen LogP contribution in [-0.4, -0.2) is 78.8 Å². The fourth-order valence-corrected chi connectivity index (χ4v) is 4.43. The topological polar surface area (TPSA) is 119 Å². The first-order valence-corrected chi connectivity index (χ1v) is 11.1. The molecule has 0 saturated carbocycles. The van der Waals surface area contributed by atoms with Crippen molar-refractivity contribution in [3.8, 4) is 11.1 Å². The molecule has 2 atom stereocenters. The molecule has 2 N–H and O–H groups in total. The molecule has 0 aliphatic carbocycles. The number of pyridine rings is 2. The highest BCUT2D eigenvalue weighted by atomic mass is 19.1. The van der Waals surface area contributed by atoms with E-state index in [1.165, 1.54) is 9.80 Å². The Bertz CT molecular complexity index is 1290. The van der Waals surface area contributed by atoms with Crippen LogP contribution in [-0.2, 0) is 11.2 Å². The number of hydrogen-bond acceptors (Lipinski definition) is 7. The number of aromatic nitrogens is 4. The number of alkyl halides is 1. The Hall–Kier alpha value is -3.76. The Kier molecular flexibility index (Phi) is 5.14. The van der Waals surface area contributed by atoms with Gasteiger partial charge in [0, 0.05) is 37.5 Å². The normalized spacial score (nSPS) is 20.6. The third-order valence-electron chi connectivity index (χ3n) is 6.01. The van der Waals surface area contributed by atoms with Crippen LogP contribution in [0, 0.1) is 0 Å². The summed E-state index contributed by atoms with van der Waals surface area (Å²) in [6.07, 6.45) is 2.03. The number of carbonyl (C=O) groups excluding carboxylic acids is 2. The van der Waals surface area contributed by atoms with Crippen molar-refractivity contribution in [2.45, 2.75) is 45.0 Å². The van der Waals surface area contributed by atoms with Crippen molar-refractivity contribution < 1.29 is 18.7 Å². The number of hydrogen-bond donors (Lipinski definition) is 1. The number of ether oxygens (including phenoxy) is 1. The van der Waals surface area contributed by atoms with Crippen molar-refractivity contribution in [1.29, 1.82) is 0 Å². The quantitative estimate of drug-likeness (QED) is 0.614. The molecule has 2 aliphatic heterocycles. The molecule has 34 heavy (non-hydrogen) atoms. The molecule has 178 valence electrons. The van der Waals surface area contributed by atoms with Gasteiger partial charge in [0.25, 0.3) is 5.91 Å². The Morgan fingerprint density at radius 2 is 2.03 bits per heavy atom. The molecule has 0 aromatic carbocycles. The van der Waals surface area contributed by atoms with Crippen LogP contribution in [0.25, 0.3) is 16.8 Å². The minimum Gasteiger partial charge on any atom is -0.444 e. The summed E-state index contributed by atoms with van der Waals surface area (Å²) in [5, 5.41) is 4.06. The second kappa shape index (κ2) is 7.93. The van der Waals surface area contributed by atoms with Crippen LogP contribution < -0.4 is 5.73 Å². The SMILES string of the molecule is CC(C)(C)OC(=O)N1CC(F)C(N2CCc3ncc(-c4ccn5nc(N)nc5c4)cc3C2=O)C1. The first kappa shape index (κ1) is 22.1. The highest BCUT2D eigenvalue weighted by Crippen LogP contribution is 2.29. The smallest absolute Gasteiger partial charge is 0.410 e. The molecule has 2 amide bonds. The van der Waals surface area contributed by atoms with Gasteiger partial charge in [-0.1, -0.05) is 0 Å². The number of nitrogen functional groups attached to an aromatic ring is 1. The van der Waals surface area contributed by atoms with Gasteiger partial charge in [0.1, 0.15) is 11.8 Å².